The summed E-state index contributed by atoms with van der Waals surface area (Å²) in [7, 11) is 1.50. The van der Waals surface area contributed by atoms with Crippen molar-refractivity contribution in [1.82, 2.24) is 4.90 Å². The van der Waals surface area contributed by atoms with Crippen LogP contribution in [0.4, 0.5) is 4.79 Å². The third-order valence-corrected chi connectivity index (χ3v) is 2.19. The van der Waals surface area contributed by atoms with Crippen molar-refractivity contribution >= 4 is 6.09 Å². The Morgan fingerprint density at radius 1 is 1.25 bits per heavy atom. The summed E-state index contributed by atoms with van der Waals surface area (Å²) in [6.07, 6.45) is 1.53. The molecule has 1 rings (SSSR count). The molecule has 16 heavy (non-hydrogen) atoms. The monoisotopic (exact) mass is 231 g/mol. The topological polar surface area (TPSA) is 81.6 Å². The average molecular weight is 231 g/mol. The van der Waals surface area contributed by atoms with Crippen molar-refractivity contribution in [2.75, 3.05) is 20.1 Å². The van der Waals surface area contributed by atoms with Crippen LogP contribution in [0.25, 0.3) is 0 Å². The number of likely N-dealkylation sites (tertiary alicyclic amines) is 1. The Morgan fingerprint density at radius 2 is 1.69 bits per heavy atom. The third kappa shape index (κ3) is 5.92. The van der Waals surface area contributed by atoms with Crippen molar-refractivity contribution in [2.24, 2.45) is 11.5 Å². The van der Waals surface area contributed by atoms with E-state index >= 15 is 0 Å². The maximum atomic E-state index is 11.6. The van der Waals surface area contributed by atoms with Crippen LogP contribution in [-0.2, 0) is 4.74 Å². The van der Waals surface area contributed by atoms with Gasteiger partial charge in [0.05, 0.1) is 0 Å². The highest BCUT2D eigenvalue weighted by Crippen LogP contribution is 2.14. The van der Waals surface area contributed by atoms with Gasteiger partial charge in [0, 0.05) is 19.1 Å². The molecule has 5 nitrogen and oxygen atoms in total. The lowest BCUT2D eigenvalue weighted by Crippen LogP contribution is -2.44. The maximum Gasteiger partial charge on any atom is 0.410 e. The van der Waals surface area contributed by atoms with Crippen molar-refractivity contribution in [3.63, 3.8) is 0 Å². The molecular formula is C11H25N3O2. The number of amides is 1. The lowest BCUT2D eigenvalue weighted by molar-refractivity contribution is 0.0207. The van der Waals surface area contributed by atoms with E-state index in [1.807, 2.05) is 20.8 Å². The predicted molar refractivity (Wildman–Crippen MR) is 65.1 cm³/mol. The molecule has 1 saturated heterocycles. The molecule has 1 amide bonds. The van der Waals surface area contributed by atoms with E-state index in [1.165, 1.54) is 7.05 Å². The molecule has 0 aromatic carbocycles. The molecule has 1 aliphatic heterocycles. The third-order valence-electron chi connectivity index (χ3n) is 2.19. The van der Waals surface area contributed by atoms with Crippen LogP contribution in [0.15, 0.2) is 0 Å². The minimum Gasteiger partial charge on any atom is -0.444 e. The van der Waals surface area contributed by atoms with Gasteiger partial charge in [0.15, 0.2) is 0 Å². The second-order valence-corrected chi connectivity index (χ2v) is 4.80. The number of carbonyl (C=O) groups is 1. The van der Waals surface area contributed by atoms with Crippen molar-refractivity contribution in [2.45, 2.75) is 45.3 Å². The molecule has 5 heteroatoms. The van der Waals surface area contributed by atoms with Crippen molar-refractivity contribution in [3.05, 3.63) is 0 Å². The van der Waals surface area contributed by atoms with Crippen LogP contribution in [0.2, 0.25) is 0 Å². The molecule has 1 fully saturated rings. The van der Waals surface area contributed by atoms with Gasteiger partial charge in [-0.25, -0.2) is 4.79 Å². The number of hydrogen-bond donors (Lipinski definition) is 2. The highest BCUT2D eigenvalue weighted by atomic mass is 16.6. The minimum absolute atomic E-state index is 0.218. The predicted octanol–water partition coefficient (Wildman–Crippen LogP) is 0.920. The van der Waals surface area contributed by atoms with E-state index in [2.05, 4.69) is 5.73 Å². The van der Waals surface area contributed by atoms with Gasteiger partial charge < -0.3 is 21.1 Å². The fourth-order valence-electron chi connectivity index (χ4n) is 1.41. The summed E-state index contributed by atoms with van der Waals surface area (Å²) in [6.45, 7) is 7.06. The Kier molecular flexibility index (Phi) is 6.36. The number of rotatable bonds is 0. The van der Waals surface area contributed by atoms with E-state index in [0.717, 1.165) is 25.9 Å². The summed E-state index contributed by atoms with van der Waals surface area (Å²) >= 11 is 0. The highest BCUT2D eigenvalue weighted by molar-refractivity contribution is 5.68. The first kappa shape index (κ1) is 15.2. The SMILES string of the molecule is CC(C)(C)OC(=O)N1CCC(N)CC1.CN. The van der Waals surface area contributed by atoms with E-state index in [9.17, 15) is 4.79 Å². The van der Waals surface area contributed by atoms with Gasteiger partial charge in [-0.1, -0.05) is 0 Å². The van der Waals surface area contributed by atoms with Crippen LogP contribution < -0.4 is 11.5 Å². The van der Waals surface area contributed by atoms with Gasteiger partial charge in [-0.15, -0.1) is 0 Å². The van der Waals surface area contributed by atoms with Crippen molar-refractivity contribution < 1.29 is 9.53 Å². The van der Waals surface area contributed by atoms with Crippen LogP contribution in [0.3, 0.4) is 0 Å². The Balaban J connectivity index is 0.00000106. The summed E-state index contributed by atoms with van der Waals surface area (Å²) in [5, 5.41) is 0. The number of ether oxygens (including phenoxy) is 1. The molecule has 0 radical (unpaired) electrons. The van der Waals surface area contributed by atoms with Gasteiger partial charge in [-0.05, 0) is 40.7 Å². The number of piperidine rings is 1. The van der Waals surface area contributed by atoms with Crippen LogP contribution in [0.5, 0.6) is 0 Å². The van der Waals surface area contributed by atoms with E-state index in [4.69, 9.17) is 10.5 Å². The van der Waals surface area contributed by atoms with Crippen LogP contribution in [0.1, 0.15) is 33.6 Å². The minimum atomic E-state index is -0.406. The molecule has 0 aromatic heterocycles. The molecule has 0 saturated carbocycles. The quantitative estimate of drug-likeness (QED) is 0.649. The van der Waals surface area contributed by atoms with Gasteiger partial charge in [0.1, 0.15) is 5.60 Å². The average Bonchev–Trinajstić information content (AvgIpc) is 2.19. The zero-order chi connectivity index (χ0) is 12.8. The molecular weight excluding hydrogens is 206 g/mol. The second kappa shape index (κ2) is 6.70. The van der Waals surface area contributed by atoms with E-state index in [0.29, 0.717) is 0 Å². The molecule has 1 heterocycles. The summed E-state index contributed by atoms with van der Waals surface area (Å²) in [5.41, 5.74) is 9.84. The van der Waals surface area contributed by atoms with Crippen LogP contribution >= 0.6 is 0 Å². The summed E-state index contributed by atoms with van der Waals surface area (Å²) in [6, 6.07) is 0.244. The van der Waals surface area contributed by atoms with Gasteiger partial charge in [-0.3, -0.25) is 0 Å². The molecule has 0 unspecified atom stereocenters. The zero-order valence-electron chi connectivity index (χ0n) is 10.8. The summed E-state index contributed by atoms with van der Waals surface area (Å²) in [5.74, 6) is 0. The Bertz CT molecular complexity index is 206. The van der Waals surface area contributed by atoms with Gasteiger partial charge in [-0.2, -0.15) is 0 Å². The first-order chi connectivity index (χ1) is 7.38. The van der Waals surface area contributed by atoms with Gasteiger partial charge in [0.25, 0.3) is 0 Å². The standard InChI is InChI=1S/C10H20N2O2.CH5N/c1-10(2,3)14-9(13)12-6-4-8(11)5-7-12;1-2/h8H,4-7,11H2,1-3H3;2H2,1H3. The van der Waals surface area contributed by atoms with Crippen LogP contribution in [-0.4, -0.2) is 42.8 Å². The van der Waals surface area contributed by atoms with E-state index in [1.54, 1.807) is 4.90 Å². The molecule has 0 aromatic rings. The van der Waals surface area contributed by atoms with E-state index < -0.39 is 5.60 Å². The normalized spacial score (nSPS) is 17.5. The lowest BCUT2D eigenvalue weighted by Gasteiger charge is -2.32. The van der Waals surface area contributed by atoms with Gasteiger partial charge >= 0.3 is 6.09 Å². The Morgan fingerprint density at radius 3 is 2.06 bits per heavy atom. The first-order valence-electron chi connectivity index (χ1n) is 5.70. The largest absolute Gasteiger partial charge is 0.444 e. The Labute approximate surface area is 98.1 Å². The molecule has 0 aliphatic carbocycles. The summed E-state index contributed by atoms with van der Waals surface area (Å²) < 4.78 is 5.26. The van der Waals surface area contributed by atoms with Crippen LogP contribution in [0, 0.1) is 0 Å². The maximum absolute atomic E-state index is 11.6. The molecule has 1 aliphatic rings. The second-order valence-electron chi connectivity index (χ2n) is 4.80. The van der Waals surface area contributed by atoms with E-state index in [-0.39, 0.29) is 12.1 Å². The van der Waals surface area contributed by atoms with Gasteiger partial charge in [0.2, 0.25) is 0 Å². The zero-order valence-corrected chi connectivity index (χ0v) is 10.8. The fourth-order valence-corrected chi connectivity index (χ4v) is 1.41. The lowest BCUT2D eigenvalue weighted by atomic mass is 10.1. The number of hydrogen-bond acceptors (Lipinski definition) is 4. The number of nitrogens with two attached hydrogens (primary N) is 2. The van der Waals surface area contributed by atoms with Crippen molar-refractivity contribution in [3.8, 4) is 0 Å². The Hall–Kier alpha value is -0.810. The number of nitrogens with zero attached hydrogens (tertiary/aromatic N) is 1. The summed E-state index contributed by atoms with van der Waals surface area (Å²) in [4.78, 5) is 13.3. The fraction of sp³-hybridized carbons (Fsp3) is 0.909. The first-order valence-corrected chi connectivity index (χ1v) is 5.70. The van der Waals surface area contributed by atoms with Crippen molar-refractivity contribution in [1.29, 1.82) is 0 Å². The smallest absolute Gasteiger partial charge is 0.410 e. The molecule has 4 N–H and O–H groups in total. The molecule has 0 atom stereocenters. The molecule has 96 valence electrons. The molecule has 0 spiro atoms. The molecule has 0 bridgehead atoms. The number of carbonyl (C=O) groups excluding carboxylic acids is 1. The highest BCUT2D eigenvalue weighted by Gasteiger charge is 2.25.